The van der Waals surface area contributed by atoms with E-state index in [1.54, 1.807) is 0 Å². The predicted molar refractivity (Wildman–Crippen MR) is 191 cm³/mol. The van der Waals surface area contributed by atoms with Crippen molar-refractivity contribution in [2.75, 3.05) is 13.2 Å². The molecular weight excluding hydrogens is 582 g/mol. The Morgan fingerprint density at radius 1 is 0.349 bits per heavy atom. The minimum atomic E-state index is -4.64. The SMILES string of the molecule is CCCCCCCCCCCCCCCCCCOCCCCCCCCCCCCCCCCCC.O=P(O)(O)O.[KH]. The first kappa shape index (κ1) is 49.1. The zero-order valence-corrected chi connectivity index (χ0v) is 29.5. The summed E-state index contributed by atoms with van der Waals surface area (Å²) in [4.78, 5) is 21.6. The van der Waals surface area contributed by atoms with E-state index in [2.05, 4.69) is 13.8 Å². The molecule has 0 unspecified atom stereocenters. The molecule has 0 spiro atoms. The second-order valence-electron chi connectivity index (χ2n) is 12.7. The summed E-state index contributed by atoms with van der Waals surface area (Å²) in [5.74, 6) is 0. The van der Waals surface area contributed by atoms with Gasteiger partial charge in [-0.2, -0.15) is 0 Å². The molecular formula is C36H78KO5P. The van der Waals surface area contributed by atoms with Crippen LogP contribution in [0.1, 0.15) is 219 Å². The topological polar surface area (TPSA) is 87.0 Å². The fourth-order valence-electron chi connectivity index (χ4n) is 5.61. The molecule has 0 aromatic carbocycles. The summed E-state index contributed by atoms with van der Waals surface area (Å²) in [5, 5.41) is 0. The van der Waals surface area contributed by atoms with Crippen molar-refractivity contribution in [2.24, 2.45) is 0 Å². The molecule has 0 rings (SSSR count). The van der Waals surface area contributed by atoms with Gasteiger partial charge in [-0.1, -0.05) is 206 Å². The fourth-order valence-corrected chi connectivity index (χ4v) is 5.61. The Morgan fingerprint density at radius 3 is 0.651 bits per heavy atom. The second-order valence-corrected chi connectivity index (χ2v) is 13.8. The van der Waals surface area contributed by atoms with Gasteiger partial charge in [0.1, 0.15) is 0 Å². The maximum atomic E-state index is 8.88. The van der Waals surface area contributed by atoms with Crippen molar-refractivity contribution in [3.05, 3.63) is 0 Å². The molecule has 0 saturated heterocycles. The van der Waals surface area contributed by atoms with Crippen molar-refractivity contribution >= 4 is 59.2 Å². The number of ether oxygens (including phenoxy) is 1. The van der Waals surface area contributed by atoms with Gasteiger partial charge in [-0.3, -0.25) is 0 Å². The zero-order valence-electron chi connectivity index (χ0n) is 28.6. The third kappa shape index (κ3) is 59.6. The molecule has 43 heavy (non-hydrogen) atoms. The average Bonchev–Trinajstić information content (AvgIpc) is 2.94. The number of hydrogen-bond donors (Lipinski definition) is 3. The third-order valence-electron chi connectivity index (χ3n) is 8.28. The molecule has 0 aromatic heterocycles. The van der Waals surface area contributed by atoms with Crippen LogP contribution < -0.4 is 0 Å². The Kier molecular flexibility index (Phi) is 49.9. The summed E-state index contributed by atoms with van der Waals surface area (Å²) >= 11 is 0. The van der Waals surface area contributed by atoms with Crippen molar-refractivity contribution in [1.82, 2.24) is 0 Å². The normalized spacial score (nSPS) is 11.3. The van der Waals surface area contributed by atoms with Crippen LogP contribution in [0.3, 0.4) is 0 Å². The van der Waals surface area contributed by atoms with Crippen LogP contribution in [0.25, 0.3) is 0 Å². The third-order valence-corrected chi connectivity index (χ3v) is 8.28. The molecule has 7 heteroatoms. The van der Waals surface area contributed by atoms with E-state index in [9.17, 15) is 0 Å². The molecule has 0 aliphatic carbocycles. The Labute approximate surface area is 312 Å². The molecule has 0 aliphatic rings. The van der Waals surface area contributed by atoms with Crippen molar-refractivity contribution < 1.29 is 24.0 Å². The zero-order chi connectivity index (χ0) is 31.2. The van der Waals surface area contributed by atoms with Crippen LogP contribution >= 0.6 is 7.82 Å². The molecule has 3 N–H and O–H groups in total. The number of phosphoric acid groups is 1. The first-order valence-electron chi connectivity index (χ1n) is 18.8. The molecule has 0 saturated carbocycles. The fraction of sp³-hybridized carbons (Fsp3) is 1.00. The van der Waals surface area contributed by atoms with Crippen molar-refractivity contribution in [2.45, 2.75) is 219 Å². The molecule has 5 nitrogen and oxygen atoms in total. The van der Waals surface area contributed by atoms with Crippen molar-refractivity contribution in [3.63, 3.8) is 0 Å². The van der Waals surface area contributed by atoms with Crippen molar-refractivity contribution in [1.29, 1.82) is 0 Å². The van der Waals surface area contributed by atoms with Crippen LogP contribution in [0.15, 0.2) is 0 Å². The minimum absolute atomic E-state index is 0. The van der Waals surface area contributed by atoms with Gasteiger partial charge in [0, 0.05) is 13.2 Å². The Morgan fingerprint density at radius 2 is 0.488 bits per heavy atom. The van der Waals surface area contributed by atoms with E-state index in [0.717, 1.165) is 13.2 Å². The molecule has 0 bridgehead atoms. The van der Waals surface area contributed by atoms with E-state index in [-0.39, 0.29) is 51.4 Å². The molecule has 258 valence electrons. The summed E-state index contributed by atoms with van der Waals surface area (Å²) in [6.07, 6.45) is 46.0. The quantitative estimate of drug-likeness (QED) is 0.0363. The van der Waals surface area contributed by atoms with Crippen LogP contribution in [0.2, 0.25) is 0 Å². The first-order valence-corrected chi connectivity index (χ1v) is 20.3. The molecule has 0 amide bonds. The van der Waals surface area contributed by atoms with Gasteiger partial charge in [-0.05, 0) is 12.8 Å². The van der Waals surface area contributed by atoms with Gasteiger partial charge in [0.25, 0.3) is 0 Å². The summed E-state index contributed by atoms with van der Waals surface area (Å²) in [7, 11) is -4.64. The monoisotopic (exact) mass is 661 g/mol. The average molecular weight is 661 g/mol. The van der Waals surface area contributed by atoms with E-state index in [1.165, 1.54) is 205 Å². The molecule has 0 fully saturated rings. The Hall–Kier alpha value is 1.71. The molecule has 0 heterocycles. The summed E-state index contributed by atoms with van der Waals surface area (Å²) < 4.78 is 14.8. The Bertz CT molecular complexity index is 476. The molecule has 0 aliphatic heterocycles. The van der Waals surface area contributed by atoms with Gasteiger partial charge in [-0.25, -0.2) is 4.57 Å². The number of rotatable bonds is 34. The van der Waals surface area contributed by atoms with Gasteiger partial charge < -0.3 is 19.4 Å². The molecule has 0 radical (unpaired) electrons. The molecule has 0 atom stereocenters. The van der Waals surface area contributed by atoms with Gasteiger partial charge in [0.05, 0.1) is 0 Å². The standard InChI is InChI=1S/C36H74O.K.H3O4P.H/c1-3-5-7-9-11-13-15-17-19-21-23-25-27-29-31-33-35-37-36-34-32-30-28-26-24-22-20-18-16-14-12-10-8-6-4-2;;1-5(2,3)4;/h3-36H2,1-2H3;;(H3,1,2,3,4);. The van der Waals surface area contributed by atoms with Crippen LogP contribution in [0.4, 0.5) is 0 Å². The van der Waals surface area contributed by atoms with Gasteiger partial charge in [0.15, 0.2) is 0 Å². The van der Waals surface area contributed by atoms with E-state index in [4.69, 9.17) is 24.0 Å². The van der Waals surface area contributed by atoms with E-state index < -0.39 is 7.82 Å². The predicted octanol–water partition coefficient (Wildman–Crippen LogP) is 11.9. The number of unbranched alkanes of at least 4 members (excludes halogenated alkanes) is 30. The summed E-state index contributed by atoms with van der Waals surface area (Å²) in [5.41, 5.74) is 0. The van der Waals surface area contributed by atoms with Crippen LogP contribution in [0.5, 0.6) is 0 Å². The van der Waals surface area contributed by atoms with E-state index in [0.29, 0.717) is 0 Å². The molecule has 0 aromatic rings. The maximum absolute atomic E-state index is 8.88. The van der Waals surface area contributed by atoms with Crippen LogP contribution in [-0.2, 0) is 9.30 Å². The number of hydrogen-bond acceptors (Lipinski definition) is 2. The van der Waals surface area contributed by atoms with Gasteiger partial charge in [-0.15, -0.1) is 0 Å². The van der Waals surface area contributed by atoms with Crippen molar-refractivity contribution in [3.8, 4) is 0 Å². The summed E-state index contributed by atoms with van der Waals surface area (Å²) in [6, 6.07) is 0. The Balaban J connectivity index is -0.00000244. The van der Waals surface area contributed by atoms with Gasteiger partial charge >= 0.3 is 59.2 Å². The summed E-state index contributed by atoms with van der Waals surface area (Å²) in [6.45, 7) is 6.60. The van der Waals surface area contributed by atoms with Crippen LogP contribution in [-0.4, -0.2) is 79.3 Å². The van der Waals surface area contributed by atoms with E-state index in [1.807, 2.05) is 0 Å². The van der Waals surface area contributed by atoms with Gasteiger partial charge in [0.2, 0.25) is 0 Å². The van der Waals surface area contributed by atoms with Crippen LogP contribution in [0, 0.1) is 0 Å². The second kappa shape index (κ2) is 43.7. The first-order chi connectivity index (χ1) is 20.4. The van der Waals surface area contributed by atoms with E-state index >= 15 is 0 Å².